The maximum absolute atomic E-state index is 5.07. The van der Waals surface area contributed by atoms with Crippen LogP contribution < -0.4 is 10.6 Å². The van der Waals surface area contributed by atoms with Crippen LogP contribution in [0.5, 0.6) is 0 Å². The number of hydrogen-bond donors (Lipinski definition) is 2. The Balaban J connectivity index is 1.83. The van der Waals surface area contributed by atoms with E-state index in [4.69, 9.17) is 4.52 Å². The lowest BCUT2D eigenvalue weighted by atomic mass is 10.2. The third-order valence-electron chi connectivity index (χ3n) is 3.26. The molecule has 2 N–H and O–H groups in total. The van der Waals surface area contributed by atoms with Crippen LogP contribution in [0.1, 0.15) is 35.9 Å². The Morgan fingerprint density at radius 3 is 2.74 bits per heavy atom. The Hall–Kier alpha value is -2.11. The van der Waals surface area contributed by atoms with Crippen LogP contribution in [-0.2, 0) is 6.54 Å². The molecule has 0 unspecified atom stereocenters. The fourth-order valence-corrected chi connectivity index (χ4v) is 1.98. The predicted molar refractivity (Wildman–Crippen MR) is 72.1 cm³/mol. The molecule has 0 radical (unpaired) electrons. The average Bonchev–Trinajstić information content (AvgIpc) is 3.14. The third-order valence-corrected chi connectivity index (χ3v) is 3.26. The summed E-state index contributed by atoms with van der Waals surface area (Å²) >= 11 is 0. The van der Waals surface area contributed by atoms with E-state index in [1.54, 1.807) is 6.20 Å². The van der Waals surface area contributed by atoms with Gasteiger partial charge in [-0.2, -0.15) is 0 Å². The summed E-state index contributed by atoms with van der Waals surface area (Å²) in [6, 6.07) is 1.84. The van der Waals surface area contributed by atoms with Crippen LogP contribution in [0.25, 0.3) is 0 Å². The summed E-state index contributed by atoms with van der Waals surface area (Å²) < 4.78 is 5.07. The van der Waals surface area contributed by atoms with E-state index in [2.05, 4.69) is 25.8 Å². The molecule has 19 heavy (non-hydrogen) atoms. The first-order chi connectivity index (χ1) is 9.28. The maximum atomic E-state index is 5.07. The molecular formula is C13H17N5O. The smallest absolute Gasteiger partial charge is 0.155 e. The highest BCUT2D eigenvalue weighted by Crippen LogP contribution is 2.39. The van der Waals surface area contributed by atoms with E-state index < -0.39 is 0 Å². The topological polar surface area (TPSA) is 75.9 Å². The number of anilines is 2. The molecule has 2 heterocycles. The van der Waals surface area contributed by atoms with Gasteiger partial charge in [0.05, 0.1) is 12.7 Å². The van der Waals surface area contributed by atoms with Crippen LogP contribution in [0.4, 0.5) is 11.6 Å². The molecule has 6 nitrogen and oxygen atoms in total. The van der Waals surface area contributed by atoms with Gasteiger partial charge < -0.3 is 15.2 Å². The van der Waals surface area contributed by atoms with Crippen molar-refractivity contribution in [2.45, 2.75) is 32.2 Å². The molecule has 1 aliphatic rings. The van der Waals surface area contributed by atoms with Gasteiger partial charge in [0, 0.05) is 24.6 Å². The molecule has 0 aromatic carbocycles. The molecule has 0 bridgehead atoms. The molecule has 0 amide bonds. The highest BCUT2D eigenvalue weighted by atomic mass is 16.5. The van der Waals surface area contributed by atoms with E-state index in [9.17, 15) is 0 Å². The number of hydrogen-bond acceptors (Lipinski definition) is 6. The number of nitrogens with one attached hydrogen (secondary N) is 2. The maximum Gasteiger partial charge on any atom is 0.155 e. The molecule has 0 atom stereocenters. The lowest BCUT2D eigenvalue weighted by molar-refractivity contribution is 0.388. The summed E-state index contributed by atoms with van der Waals surface area (Å²) in [6.45, 7) is 2.58. The normalized spacial score (nSPS) is 14.4. The van der Waals surface area contributed by atoms with E-state index in [0.717, 1.165) is 28.8 Å². The summed E-state index contributed by atoms with van der Waals surface area (Å²) in [5.41, 5.74) is 1.02. The van der Waals surface area contributed by atoms with Crippen molar-refractivity contribution < 1.29 is 4.52 Å². The molecule has 2 aromatic heterocycles. The van der Waals surface area contributed by atoms with Crippen molar-refractivity contribution in [1.29, 1.82) is 0 Å². The highest BCUT2D eigenvalue weighted by molar-refractivity contribution is 5.57. The monoisotopic (exact) mass is 259 g/mol. The Morgan fingerprint density at radius 1 is 1.32 bits per heavy atom. The van der Waals surface area contributed by atoms with E-state index in [-0.39, 0.29) is 0 Å². The molecule has 0 spiro atoms. The fourth-order valence-electron chi connectivity index (χ4n) is 1.98. The summed E-state index contributed by atoms with van der Waals surface area (Å²) in [5.74, 6) is 3.99. The van der Waals surface area contributed by atoms with Crippen molar-refractivity contribution in [2.75, 3.05) is 17.7 Å². The second-order valence-corrected chi connectivity index (χ2v) is 4.76. The summed E-state index contributed by atoms with van der Waals surface area (Å²) in [5, 5.41) is 10.1. The van der Waals surface area contributed by atoms with Crippen molar-refractivity contribution >= 4 is 11.6 Å². The van der Waals surface area contributed by atoms with Crippen molar-refractivity contribution in [1.82, 2.24) is 15.1 Å². The number of aromatic nitrogens is 3. The summed E-state index contributed by atoms with van der Waals surface area (Å²) in [6.07, 6.45) is 4.01. The minimum absolute atomic E-state index is 0.526. The zero-order valence-corrected chi connectivity index (χ0v) is 11.1. The van der Waals surface area contributed by atoms with Crippen molar-refractivity contribution in [3.05, 3.63) is 29.4 Å². The van der Waals surface area contributed by atoms with Gasteiger partial charge >= 0.3 is 0 Å². The standard InChI is InChI=1S/C13H17N5O/c1-8-11(14-2)17-13(9-3-4-9)18-12(8)15-7-10-5-6-16-19-10/h5-6,9H,3-4,7H2,1-2H3,(H2,14,15,17,18). The Bertz CT molecular complexity index is 563. The van der Waals surface area contributed by atoms with Gasteiger partial charge in [0.25, 0.3) is 0 Å². The Kier molecular flexibility index (Phi) is 3.06. The molecule has 0 aliphatic heterocycles. The lowest BCUT2D eigenvalue weighted by Gasteiger charge is -2.12. The zero-order valence-electron chi connectivity index (χ0n) is 11.1. The summed E-state index contributed by atoms with van der Waals surface area (Å²) in [7, 11) is 1.88. The minimum Gasteiger partial charge on any atom is -0.373 e. The van der Waals surface area contributed by atoms with Crippen LogP contribution >= 0.6 is 0 Å². The first-order valence-electron chi connectivity index (χ1n) is 6.47. The largest absolute Gasteiger partial charge is 0.373 e. The van der Waals surface area contributed by atoms with Crippen LogP contribution in [0, 0.1) is 6.92 Å². The third kappa shape index (κ3) is 2.52. The second kappa shape index (κ2) is 4.87. The van der Waals surface area contributed by atoms with E-state index in [0.29, 0.717) is 12.5 Å². The molecule has 0 saturated heterocycles. The van der Waals surface area contributed by atoms with Crippen LogP contribution in [0.3, 0.4) is 0 Å². The van der Waals surface area contributed by atoms with Gasteiger partial charge in [-0.25, -0.2) is 9.97 Å². The number of rotatable bonds is 5. The first-order valence-corrected chi connectivity index (χ1v) is 6.47. The average molecular weight is 259 g/mol. The van der Waals surface area contributed by atoms with Crippen molar-refractivity contribution in [2.24, 2.45) is 0 Å². The first kappa shape index (κ1) is 12.0. The van der Waals surface area contributed by atoms with Crippen LogP contribution in [0.2, 0.25) is 0 Å². The van der Waals surface area contributed by atoms with Gasteiger partial charge in [0.1, 0.15) is 17.5 Å². The van der Waals surface area contributed by atoms with Crippen LogP contribution in [0.15, 0.2) is 16.8 Å². The minimum atomic E-state index is 0.526. The molecule has 3 rings (SSSR count). The van der Waals surface area contributed by atoms with Crippen LogP contribution in [-0.4, -0.2) is 22.2 Å². The Labute approximate surface area is 111 Å². The van der Waals surface area contributed by atoms with Crippen molar-refractivity contribution in [3.63, 3.8) is 0 Å². The molecule has 1 aliphatic carbocycles. The van der Waals surface area contributed by atoms with Gasteiger partial charge in [-0.15, -0.1) is 0 Å². The zero-order chi connectivity index (χ0) is 13.2. The van der Waals surface area contributed by atoms with Gasteiger partial charge in [0.15, 0.2) is 5.76 Å². The van der Waals surface area contributed by atoms with Crippen molar-refractivity contribution in [3.8, 4) is 0 Å². The van der Waals surface area contributed by atoms with Gasteiger partial charge in [-0.3, -0.25) is 0 Å². The van der Waals surface area contributed by atoms with E-state index in [1.165, 1.54) is 12.8 Å². The SMILES string of the molecule is CNc1nc(C2CC2)nc(NCc2ccno2)c1C. The van der Waals surface area contributed by atoms with Gasteiger partial charge in [-0.1, -0.05) is 5.16 Å². The fraction of sp³-hybridized carbons (Fsp3) is 0.462. The molecular weight excluding hydrogens is 242 g/mol. The highest BCUT2D eigenvalue weighted by Gasteiger charge is 2.28. The molecule has 2 aromatic rings. The van der Waals surface area contributed by atoms with Gasteiger partial charge in [0.2, 0.25) is 0 Å². The quantitative estimate of drug-likeness (QED) is 0.858. The second-order valence-electron chi connectivity index (χ2n) is 4.76. The molecule has 6 heteroatoms. The predicted octanol–water partition coefficient (Wildman–Crippen LogP) is 2.30. The molecule has 100 valence electrons. The number of nitrogens with zero attached hydrogens (tertiary/aromatic N) is 3. The van der Waals surface area contributed by atoms with E-state index in [1.807, 2.05) is 20.0 Å². The Morgan fingerprint density at radius 2 is 2.11 bits per heavy atom. The summed E-state index contributed by atoms with van der Waals surface area (Å²) in [4.78, 5) is 9.18. The molecule has 1 fully saturated rings. The molecule has 1 saturated carbocycles. The van der Waals surface area contributed by atoms with E-state index >= 15 is 0 Å². The lowest BCUT2D eigenvalue weighted by Crippen LogP contribution is -2.09. The van der Waals surface area contributed by atoms with Gasteiger partial charge in [-0.05, 0) is 19.8 Å².